The molecule has 1 heterocycles. The van der Waals surface area contributed by atoms with Crippen molar-refractivity contribution < 1.29 is 14.3 Å². The maximum Gasteiger partial charge on any atom is 0.313 e. The van der Waals surface area contributed by atoms with Gasteiger partial charge in [-0.3, -0.25) is 14.5 Å². The van der Waals surface area contributed by atoms with E-state index in [-0.39, 0.29) is 6.10 Å². The number of rotatable bonds is 7. The highest BCUT2D eigenvalue weighted by Crippen LogP contribution is 2.22. The molecule has 6 nitrogen and oxygen atoms in total. The van der Waals surface area contributed by atoms with E-state index in [1.807, 2.05) is 50.2 Å². The molecule has 1 aliphatic rings. The summed E-state index contributed by atoms with van der Waals surface area (Å²) in [4.78, 5) is 26.5. The topological polar surface area (TPSA) is 70.7 Å². The number of unbranched alkanes of at least 4 members (excludes halogenated alkanes) is 1. The number of carbonyl (C=O) groups is 2. The second-order valence-electron chi connectivity index (χ2n) is 7.86. The first kappa shape index (κ1) is 22.0. The molecular weight excluding hydrogens is 378 g/mol. The lowest BCUT2D eigenvalue weighted by molar-refractivity contribution is -0.136. The Labute approximate surface area is 178 Å². The predicted molar refractivity (Wildman–Crippen MR) is 118 cm³/mol. The Morgan fingerprint density at radius 3 is 2.50 bits per heavy atom. The second-order valence-corrected chi connectivity index (χ2v) is 7.86. The van der Waals surface area contributed by atoms with E-state index in [0.717, 1.165) is 50.2 Å². The van der Waals surface area contributed by atoms with Gasteiger partial charge in [0.05, 0.1) is 12.7 Å². The number of hydrogen-bond acceptors (Lipinski definition) is 4. The van der Waals surface area contributed by atoms with Gasteiger partial charge in [0.15, 0.2) is 0 Å². The molecule has 0 spiro atoms. The average molecular weight is 410 g/mol. The van der Waals surface area contributed by atoms with E-state index in [1.54, 1.807) is 0 Å². The molecule has 2 aromatic carbocycles. The summed E-state index contributed by atoms with van der Waals surface area (Å²) in [6.45, 7) is 7.90. The Bertz CT molecular complexity index is 834. The van der Waals surface area contributed by atoms with Crippen molar-refractivity contribution in [2.45, 2.75) is 32.8 Å². The highest BCUT2D eigenvalue weighted by Gasteiger charge is 2.21. The fourth-order valence-electron chi connectivity index (χ4n) is 3.75. The van der Waals surface area contributed by atoms with E-state index < -0.39 is 11.8 Å². The summed E-state index contributed by atoms with van der Waals surface area (Å²) >= 11 is 0. The monoisotopic (exact) mass is 409 g/mol. The minimum absolute atomic E-state index is 0.119. The molecular formula is C24H31N3O3. The number of nitrogens with zero attached hydrogens (tertiary/aromatic N) is 1. The molecule has 0 radical (unpaired) electrons. The maximum atomic E-state index is 12.1. The van der Waals surface area contributed by atoms with E-state index in [9.17, 15) is 9.59 Å². The Morgan fingerprint density at radius 1 is 1.03 bits per heavy atom. The van der Waals surface area contributed by atoms with E-state index in [1.165, 1.54) is 5.56 Å². The number of benzene rings is 2. The first-order valence-electron chi connectivity index (χ1n) is 10.6. The zero-order valence-corrected chi connectivity index (χ0v) is 17.8. The molecule has 160 valence electrons. The van der Waals surface area contributed by atoms with Gasteiger partial charge in [-0.25, -0.2) is 0 Å². The number of morpholine rings is 1. The fourth-order valence-corrected chi connectivity index (χ4v) is 3.75. The highest BCUT2D eigenvalue weighted by molar-refractivity contribution is 6.39. The average Bonchev–Trinajstić information content (AvgIpc) is 2.73. The number of nitrogens with one attached hydrogen (secondary N) is 2. The largest absolute Gasteiger partial charge is 0.371 e. The molecule has 1 saturated heterocycles. The van der Waals surface area contributed by atoms with Crippen LogP contribution in [0.5, 0.6) is 0 Å². The Kier molecular flexibility index (Phi) is 7.99. The lowest BCUT2D eigenvalue weighted by atomic mass is 10.1. The van der Waals surface area contributed by atoms with E-state index in [0.29, 0.717) is 12.2 Å². The maximum absolute atomic E-state index is 12.1. The van der Waals surface area contributed by atoms with Gasteiger partial charge in [0.2, 0.25) is 0 Å². The van der Waals surface area contributed by atoms with E-state index in [4.69, 9.17) is 4.74 Å². The first-order valence-corrected chi connectivity index (χ1v) is 10.6. The molecule has 0 bridgehead atoms. The Hall–Kier alpha value is -2.70. The Morgan fingerprint density at radius 2 is 1.77 bits per heavy atom. The van der Waals surface area contributed by atoms with Crippen LogP contribution in [0.15, 0.2) is 48.5 Å². The van der Waals surface area contributed by atoms with Crippen molar-refractivity contribution in [1.29, 1.82) is 0 Å². The van der Waals surface area contributed by atoms with Gasteiger partial charge < -0.3 is 15.4 Å². The number of anilines is 1. The number of carbonyl (C=O) groups excluding carboxylic acids is 2. The third-order valence-corrected chi connectivity index (χ3v) is 5.19. The summed E-state index contributed by atoms with van der Waals surface area (Å²) in [6.07, 6.45) is 1.91. The molecule has 1 aliphatic heterocycles. The molecule has 30 heavy (non-hydrogen) atoms. The first-order chi connectivity index (χ1) is 14.5. The van der Waals surface area contributed by atoms with Crippen LogP contribution in [-0.2, 0) is 14.3 Å². The summed E-state index contributed by atoms with van der Waals surface area (Å²) in [5, 5.41) is 5.37. The third kappa shape index (κ3) is 6.68. The fraction of sp³-hybridized carbons (Fsp3) is 0.417. The lowest BCUT2D eigenvalue weighted by Gasteiger charge is -2.33. The molecule has 1 fully saturated rings. The van der Waals surface area contributed by atoms with Crippen LogP contribution in [0.25, 0.3) is 0 Å². The Balaban J connectivity index is 1.33. The van der Waals surface area contributed by atoms with E-state index in [2.05, 4.69) is 27.7 Å². The minimum atomic E-state index is -0.626. The molecule has 2 N–H and O–H groups in total. The van der Waals surface area contributed by atoms with Gasteiger partial charge in [-0.1, -0.05) is 36.4 Å². The smallest absolute Gasteiger partial charge is 0.313 e. The van der Waals surface area contributed by atoms with Gasteiger partial charge in [-0.05, 0) is 62.1 Å². The van der Waals surface area contributed by atoms with Crippen LogP contribution >= 0.6 is 0 Å². The van der Waals surface area contributed by atoms with Crippen molar-refractivity contribution in [1.82, 2.24) is 10.2 Å². The van der Waals surface area contributed by atoms with Crippen LogP contribution in [0.3, 0.4) is 0 Å². The number of aryl methyl sites for hydroxylation is 2. The zero-order valence-electron chi connectivity index (χ0n) is 17.8. The summed E-state index contributed by atoms with van der Waals surface area (Å²) in [7, 11) is 0. The second kappa shape index (κ2) is 10.9. The minimum Gasteiger partial charge on any atom is -0.371 e. The van der Waals surface area contributed by atoms with Crippen molar-refractivity contribution >= 4 is 17.5 Å². The van der Waals surface area contributed by atoms with Crippen LogP contribution in [-0.4, -0.2) is 49.5 Å². The number of amides is 2. The summed E-state index contributed by atoms with van der Waals surface area (Å²) in [5.41, 5.74) is 3.95. The molecule has 3 rings (SSSR count). The van der Waals surface area contributed by atoms with Crippen molar-refractivity contribution in [2.24, 2.45) is 0 Å². The van der Waals surface area contributed by atoms with Crippen LogP contribution in [0.4, 0.5) is 5.69 Å². The molecule has 0 aromatic heterocycles. The zero-order chi connectivity index (χ0) is 21.3. The summed E-state index contributed by atoms with van der Waals surface area (Å²) < 4.78 is 5.90. The third-order valence-electron chi connectivity index (χ3n) is 5.19. The predicted octanol–water partition coefficient (Wildman–Crippen LogP) is 3.21. The van der Waals surface area contributed by atoms with Crippen LogP contribution in [0, 0.1) is 13.8 Å². The normalized spacial score (nSPS) is 16.8. The summed E-state index contributed by atoms with van der Waals surface area (Å²) in [6, 6.07) is 16.0. The lowest BCUT2D eigenvalue weighted by Crippen LogP contribution is -2.39. The van der Waals surface area contributed by atoms with Crippen molar-refractivity contribution in [3.63, 3.8) is 0 Å². The van der Waals surface area contributed by atoms with Gasteiger partial charge in [0, 0.05) is 25.3 Å². The molecule has 0 unspecified atom stereocenters. The molecule has 0 aliphatic carbocycles. The molecule has 2 amide bonds. The SMILES string of the molecule is Cc1cc(C)cc(NC(=O)C(=O)NCCCCN2CCO[C@@H](c3ccccc3)C2)c1. The van der Waals surface area contributed by atoms with Gasteiger partial charge in [-0.15, -0.1) is 0 Å². The molecule has 6 heteroatoms. The van der Waals surface area contributed by atoms with Gasteiger partial charge in [-0.2, -0.15) is 0 Å². The summed E-state index contributed by atoms with van der Waals surface area (Å²) in [5.74, 6) is -1.22. The highest BCUT2D eigenvalue weighted by atomic mass is 16.5. The van der Waals surface area contributed by atoms with Crippen LogP contribution in [0.2, 0.25) is 0 Å². The molecule has 1 atom stereocenters. The van der Waals surface area contributed by atoms with Crippen molar-refractivity contribution in [2.75, 3.05) is 38.1 Å². The number of ether oxygens (including phenoxy) is 1. The van der Waals surface area contributed by atoms with Crippen LogP contribution < -0.4 is 10.6 Å². The van der Waals surface area contributed by atoms with E-state index >= 15 is 0 Å². The quantitative estimate of drug-likeness (QED) is 0.544. The molecule has 0 saturated carbocycles. The van der Waals surface area contributed by atoms with Crippen molar-refractivity contribution in [3.05, 3.63) is 65.2 Å². The number of hydrogen-bond donors (Lipinski definition) is 2. The van der Waals surface area contributed by atoms with Gasteiger partial charge >= 0.3 is 11.8 Å². The van der Waals surface area contributed by atoms with Gasteiger partial charge in [0.25, 0.3) is 0 Å². The van der Waals surface area contributed by atoms with Gasteiger partial charge in [0.1, 0.15) is 0 Å². The van der Waals surface area contributed by atoms with Crippen molar-refractivity contribution in [3.8, 4) is 0 Å². The van der Waals surface area contributed by atoms with Crippen LogP contribution in [0.1, 0.15) is 35.6 Å². The molecule has 2 aromatic rings. The standard InChI is InChI=1S/C24H31N3O3/c1-18-14-19(2)16-21(15-18)26-24(29)23(28)25-10-6-7-11-27-12-13-30-22(17-27)20-8-4-3-5-9-20/h3-5,8-9,14-16,22H,6-7,10-13,17H2,1-2H3,(H,25,28)(H,26,29)/t22-/m1/s1.